The second-order valence-electron chi connectivity index (χ2n) is 41.3. The summed E-state index contributed by atoms with van der Waals surface area (Å²) in [7, 11) is 2.16. The maximum Gasteiger partial charge on any atom is 0.230 e. The van der Waals surface area contributed by atoms with Crippen LogP contribution in [0.5, 0.6) is 0 Å². The predicted molar refractivity (Wildman–Crippen MR) is 540 cm³/mol. The lowest BCUT2D eigenvalue weighted by Gasteiger charge is -2.42. The van der Waals surface area contributed by atoms with Gasteiger partial charge in [0.25, 0.3) is 0 Å². The highest BCUT2D eigenvalue weighted by Crippen LogP contribution is 2.51. The zero-order valence-corrected chi connectivity index (χ0v) is 80.5. The van der Waals surface area contributed by atoms with Gasteiger partial charge in [-0.1, -0.05) is 77.0 Å². The van der Waals surface area contributed by atoms with Gasteiger partial charge in [0.1, 0.15) is 45.9 Å². The van der Waals surface area contributed by atoms with Gasteiger partial charge in [0.15, 0.2) is 23.1 Å². The molecule has 12 aromatic rings. The molecule has 25 rings (SSSR count). The van der Waals surface area contributed by atoms with E-state index in [0.717, 1.165) is 321 Å². The highest BCUT2D eigenvalue weighted by atomic mass is 16.5. The van der Waals surface area contributed by atoms with E-state index in [1.165, 1.54) is 77.0 Å². The molecule has 4 spiro atoms. The van der Waals surface area contributed by atoms with Crippen LogP contribution in [0.25, 0.3) is 44.1 Å². The van der Waals surface area contributed by atoms with Gasteiger partial charge < -0.3 is 74.1 Å². The van der Waals surface area contributed by atoms with Crippen LogP contribution in [-0.4, -0.2) is 253 Å². The Hall–Kier alpha value is -12.0. The number of pyridine rings is 4. The molecule has 4 aliphatic carbocycles. The lowest BCUT2D eigenvalue weighted by molar-refractivity contribution is 0.0321. The first-order valence-electron chi connectivity index (χ1n) is 51.6. The van der Waals surface area contributed by atoms with E-state index in [1.807, 2.05) is 98.1 Å². The maximum absolute atomic E-state index is 12.8. The summed E-state index contributed by atoms with van der Waals surface area (Å²) in [5.74, 6) is 5.86. The number of carbonyl (C=O) groups excluding carboxylic acids is 4. The quantitative estimate of drug-likeness (QED) is 0.0675. The third-order valence-corrected chi connectivity index (χ3v) is 32.7. The van der Waals surface area contributed by atoms with E-state index in [2.05, 4.69) is 164 Å². The van der Waals surface area contributed by atoms with Gasteiger partial charge in [-0.15, -0.1) is 0 Å². The summed E-state index contributed by atoms with van der Waals surface area (Å²) in [6, 6.07) is 25.6. The first-order chi connectivity index (χ1) is 67.5. The van der Waals surface area contributed by atoms with Gasteiger partial charge in [-0.3, -0.25) is 29.0 Å². The summed E-state index contributed by atoms with van der Waals surface area (Å²) in [5.41, 5.74) is 11.3. The number of carbonyl (C=O) groups is 4. The number of hydrogen-bond acceptors (Lipinski definition) is 29. The maximum atomic E-state index is 12.8. The van der Waals surface area contributed by atoms with Crippen molar-refractivity contribution in [3.8, 4) is 0 Å². The molecule has 722 valence electrons. The first kappa shape index (κ1) is 91.1. The number of anilines is 12. The van der Waals surface area contributed by atoms with Crippen LogP contribution in [0.3, 0.4) is 0 Å². The van der Waals surface area contributed by atoms with E-state index in [4.69, 9.17) is 24.7 Å². The number of nitrogens with one attached hydrogen (secondary N) is 5. The van der Waals surface area contributed by atoms with Crippen molar-refractivity contribution in [2.45, 2.75) is 241 Å². The molecule has 12 aromatic heterocycles. The van der Waals surface area contributed by atoms with Crippen molar-refractivity contribution in [2.24, 2.45) is 0 Å². The van der Waals surface area contributed by atoms with Crippen LogP contribution in [-0.2, 0) is 26.9 Å². The van der Waals surface area contributed by atoms with Crippen molar-refractivity contribution in [3.63, 3.8) is 0 Å². The normalized spacial score (nSPS) is 21.2. The molecule has 138 heavy (non-hydrogen) atoms. The summed E-state index contributed by atoms with van der Waals surface area (Å²) >= 11 is 0. The Labute approximate surface area is 806 Å². The lowest BCUT2D eigenvalue weighted by Crippen LogP contribution is -2.51. The van der Waals surface area contributed by atoms with Gasteiger partial charge in [-0.05, 0) is 184 Å². The molecule has 0 bridgehead atoms. The molecule has 0 radical (unpaired) electrons. The number of likely N-dealkylation sites (N-methyl/N-ethyl adjacent to an activating group) is 1. The molecule has 9 fully saturated rings. The third-order valence-electron chi connectivity index (χ3n) is 32.7. The number of hydrogen-bond donors (Lipinski definition) is 5. The van der Waals surface area contributed by atoms with E-state index in [1.54, 1.807) is 0 Å². The van der Waals surface area contributed by atoms with E-state index >= 15 is 0 Å². The van der Waals surface area contributed by atoms with Crippen LogP contribution in [0.1, 0.15) is 248 Å². The van der Waals surface area contributed by atoms with Gasteiger partial charge in [0.2, 0.25) is 23.8 Å². The van der Waals surface area contributed by atoms with Crippen molar-refractivity contribution >= 4 is 137 Å². The van der Waals surface area contributed by atoms with E-state index in [-0.39, 0.29) is 45.3 Å². The SMILES string of the molecule is CC(C)N1CCN(c2ccc(Nc3ncc4cc5n(c4n3)C3(CCCCC3)CCC5=O)nc2)CC1.CN1CCN(c2ccc(Nc3ncc4cc5n(c4n3)C3(CCCCC3)CCC5=O)nc2)CC1.O=C1CCC2(CCCCC2)n2c1cc1cnc(Nc3ccc(N4CCN(C5CCOCC5)CC4)cn3)nc12.O=C1CCC2(CCCCC2)n2c1cc1cnc(Nc3ccc(N4CCNCC4)cn3)nc12. The summed E-state index contributed by atoms with van der Waals surface area (Å²) < 4.78 is 14.6. The van der Waals surface area contributed by atoms with Crippen molar-refractivity contribution in [3.05, 3.63) is 145 Å². The number of aromatic nitrogens is 16. The lowest BCUT2D eigenvalue weighted by atomic mass is 9.75. The Morgan fingerprint density at radius 2 is 0.616 bits per heavy atom. The molecule has 5 saturated heterocycles. The number of ether oxygens (including phenoxy) is 1. The molecule has 4 saturated carbocycles. The standard InChI is InChI=1S/C29H37N7O2.C27H35N7O.C25H31N7O.C24H29N7O/c37-25-6-11-29(9-2-1-3-10-29)36-24(25)18-21-19-31-28(33-27(21)36)32-26-5-4-23(20-30-26)35-14-12-34(13-15-35)22-7-16-38-17-8-22;1-19(2)32-12-14-33(15-13-32)21-6-7-24(28-18-21)30-26-29-17-20-16-22-23(35)8-11-27(9-4-3-5-10-27)34(22)25(20)31-26;1-30-11-13-31(14-12-30)19-5-6-22(26-17-19)28-24-27-16-18-15-20-21(33)7-10-25(8-3-2-4-9-25)32(20)23(18)29-24;32-20-6-9-24(7-2-1-3-8-24)31-19(20)14-17-15-27-23(29-22(17)31)28-21-5-4-18(16-26-21)30-12-10-25-11-13-30/h4-5,18-20,22H,1-3,6-17H2,(H,30,31,32,33);6-7,16-19H,3-5,8-15H2,1-2H3,(H,28,29,30,31);5-6,15-17H,2-4,7-14H2,1H3,(H,26,27,28,29);4-5,14-16,25H,1-3,6-13H2,(H,26,27,28,29). The molecular formula is C105H132N28O5. The van der Waals surface area contributed by atoms with Crippen LogP contribution in [0, 0.1) is 0 Å². The number of fused-ring (bicyclic) bond motifs is 16. The van der Waals surface area contributed by atoms with Crippen molar-refractivity contribution < 1.29 is 23.9 Å². The van der Waals surface area contributed by atoms with Gasteiger partial charge in [0, 0.05) is 224 Å². The van der Waals surface area contributed by atoms with Gasteiger partial charge >= 0.3 is 0 Å². The molecule has 13 aliphatic rings. The van der Waals surface area contributed by atoms with Crippen LogP contribution in [0.4, 0.5) is 69.8 Å². The number of piperazine rings is 4. The van der Waals surface area contributed by atoms with Crippen LogP contribution in [0.2, 0.25) is 0 Å². The monoisotopic (exact) mass is 1870 g/mol. The minimum Gasteiger partial charge on any atom is -0.381 e. The fourth-order valence-electron chi connectivity index (χ4n) is 24.9. The molecule has 33 heteroatoms. The smallest absolute Gasteiger partial charge is 0.230 e. The average Bonchev–Trinajstić information content (AvgIpc) is 1.58. The second kappa shape index (κ2) is 39.3. The molecule has 0 unspecified atom stereocenters. The van der Waals surface area contributed by atoms with Crippen molar-refractivity contribution in [1.82, 2.24) is 98.1 Å². The zero-order valence-electron chi connectivity index (χ0n) is 80.5. The molecule has 33 nitrogen and oxygen atoms in total. The Kier molecular flexibility index (Phi) is 26.0. The average molecular weight is 1870 g/mol. The largest absolute Gasteiger partial charge is 0.381 e. The topological polar surface area (TPSA) is 335 Å². The van der Waals surface area contributed by atoms with E-state index < -0.39 is 0 Å². The van der Waals surface area contributed by atoms with Gasteiger partial charge in [-0.2, -0.15) is 19.9 Å². The molecule has 0 aromatic carbocycles. The number of nitrogens with zero attached hydrogens (tertiary/aromatic N) is 23. The van der Waals surface area contributed by atoms with Gasteiger partial charge in [0.05, 0.1) is 70.3 Å². The van der Waals surface area contributed by atoms with E-state index in [9.17, 15) is 19.2 Å². The minimum atomic E-state index is 0.0174. The number of Topliss-reactive ketones (excluding diaryl/α,β-unsaturated/α-hetero) is 4. The Balaban J connectivity index is 0.000000106. The molecular weight excluding hydrogens is 1730 g/mol. The number of ketones is 4. The third kappa shape index (κ3) is 18.5. The second-order valence-corrected chi connectivity index (χ2v) is 41.3. The fourth-order valence-corrected chi connectivity index (χ4v) is 24.9. The first-order valence-corrected chi connectivity index (χ1v) is 51.6. The number of rotatable bonds is 14. The molecule has 9 aliphatic heterocycles. The van der Waals surface area contributed by atoms with Gasteiger partial charge in [-0.25, -0.2) is 39.9 Å². The predicted octanol–water partition coefficient (Wildman–Crippen LogP) is 16.8. The van der Waals surface area contributed by atoms with Crippen LogP contribution in [0.15, 0.2) is 122 Å². The molecule has 0 atom stereocenters. The molecule has 5 N–H and O–H groups in total. The minimum absolute atomic E-state index is 0.0174. The summed E-state index contributed by atoms with van der Waals surface area (Å²) in [6.45, 7) is 22.9. The Morgan fingerprint density at radius 1 is 0.333 bits per heavy atom. The molecule has 21 heterocycles. The highest BCUT2D eigenvalue weighted by Gasteiger charge is 2.47. The van der Waals surface area contributed by atoms with Crippen LogP contribution < -0.4 is 46.2 Å². The summed E-state index contributed by atoms with van der Waals surface area (Å²) in [4.78, 5) is 124. The summed E-state index contributed by atoms with van der Waals surface area (Å²) in [6.07, 6.45) is 47.4. The van der Waals surface area contributed by atoms with Crippen molar-refractivity contribution in [1.29, 1.82) is 0 Å². The Morgan fingerprint density at radius 3 is 0.899 bits per heavy atom. The van der Waals surface area contributed by atoms with Crippen molar-refractivity contribution in [2.75, 3.05) is 166 Å². The highest BCUT2D eigenvalue weighted by molar-refractivity contribution is 6.03. The Bertz CT molecular complexity index is 6370. The van der Waals surface area contributed by atoms with Crippen LogP contribution >= 0.6 is 0 Å². The fraction of sp³-hybridized carbons (Fsp3) is 0.543. The van der Waals surface area contributed by atoms with E-state index in [0.29, 0.717) is 61.6 Å². The molecule has 0 amide bonds. The summed E-state index contributed by atoms with van der Waals surface area (Å²) in [5, 5.41) is 20.3. The zero-order chi connectivity index (χ0) is 93.5.